The van der Waals surface area contributed by atoms with Gasteiger partial charge in [-0.3, -0.25) is 0 Å². The van der Waals surface area contributed by atoms with Gasteiger partial charge in [-0.25, -0.2) is 0 Å². The zero-order valence-electron chi connectivity index (χ0n) is 6.34. The summed E-state index contributed by atoms with van der Waals surface area (Å²) in [7, 11) is 0. The van der Waals surface area contributed by atoms with Crippen molar-refractivity contribution in [1.29, 1.82) is 5.26 Å². The molecule has 1 rings (SSSR count). The van der Waals surface area contributed by atoms with E-state index >= 15 is 0 Å². The Morgan fingerprint density at radius 2 is 2.25 bits per heavy atom. The highest BCUT2D eigenvalue weighted by Crippen LogP contribution is 2.07. The zero-order chi connectivity index (χ0) is 8.81. The van der Waals surface area contributed by atoms with Crippen molar-refractivity contribution in [3.8, 4) is 17.9 Å². The monoisotopic (exact) mass is 219 g/mol. The SMILES string of the molecule is N#CC#Cc1cccc(CBr)c1. The first-order chi connectivity index (χ1) is 5.86. The molecule has 0 spiro atoms. The third-order valence-electron chi connectivity index (χ3n) is 1.34. The largest absolute Gasteiger partial charge is 0.183 e. The lowest BCUT2D eigenvalue weighted by atomic mass is 10.1. The van der Waals surface area contributed by atoms with Crippen molar-refractivity contribution in [1.82, 2.24) is 0 Å². The number of nitrogens with zero attached hydrogens (tertiary/aromatic N) is 1. The van der Waals surface area contributed by atoms with Crippen molar-refractivity contribution in [2.45, 2.75) is 5.33 Å². The lowest BCUT2D eigenvalue weighted by Crippen LogP contribution is -1.78. The van der Waals surface area contributed by atoms with Crippen molar-refractivity contribution < 1.29 is 0 Å². The molecule has 58 valence electrons. The van der Waals surface area contributed by atoms with Gasteiger partial charge in [-0.15, -0.1) is 0 Å². The highest BCUT2D eigenvalue weighted by Gasteiger charge is 1.89. The Bertz CT molecular complexity index is 365. The van der Waals surface area contributed by atoms with Gasteiger partial charge in [0.25, 0.3) is 0 Å². The molecule has 0 aromatic heterocycles. The first-order valence-corrected chi connectivity index (χ1v) is 4.54. The summed E-state index contributed by atoms with van der Waals surface area (Å²) in [6.07, 6.45) is 0. The molecule has 0 heterocycles. The van der Waals surface area contributed by atoms with E-state index in [1.807, 2.05) is 24.3 Å². The Labute approximate surface area is 80.2 Å². The summed E-state index contributed by atoms with van der Waals surface area (Å²) in [4.78, 5) is 0. The molecule has 0 aliphatic rings. The Kier molecular flexibility index (Phi) is 3.38. The van der Waals surface area contributed by atoms with Crippen LogP contribution in [-0.2, 0) is 5.33 Å². The Morgan fingerprint density at radius 1 is 1.42 bits per heavy atom. The number of nitriles is 1. The fourth-order valence-corrected chi connectivity index (χ4v) is 1.18. The van der Waals surface area contributed by atoms with Crippen molar-refractivity contribution in [3.05, 3.63) is 35.4 Å². The first-order valence-electron chi connectivity index (χ1n) is 3.42. The molecule has 0 amide bonds. The van der Waals surface area contributed by atoms with Crippen molar-refractivity contribution in [2.24, 2.45) is 0 Å². The Balaban J connectivity index is 2.96. The lowest BCUT2D eigenvalue weighted by Gasteiger charge is -1.94. The molecule has 0 saturated heterocycles. The van der Waals surface area contributed by atoms with E-state index in [-0.39, 0.29) is 0 Å². The van der Waals surface area contributed by atoms with E-state index in [0.29, 0.717) is 0 Å². The molecular formula is C10H6BrN. The minimum absolute atomic E-state index is 0.815. The topological polar surface area (TPSA) is 23.8 Å². The van der Waals surface area contributed by atoms with Crippen LogP contribution in [0, 0.1) is 23.2 Å². The van der Waals surface area contributed by atoms with Gasteiger partial charge in [0.2, 0.25) is 0 Å². The highest BCUT2D eigenvalue weighted by molar-refractivity contribution is 9.08. The van der Waals surface area contributed by atoms with E-state index in [1.54, 1.807) is 6.07 Å². The molecule has 2 heteroatoms. The van der Waals surface area contributed by atoms with Crippen LogP contribution in [0.5, 0.6) is 0 Å². The Hall–Kier alpha value is -1.25. The van der Waals surface area contributed by atoms with E-state index < -0.39 is 0 Å². The van der Waals surface area contributed by atoms with Crippen LogP contribution in [0.2, 0.25) is 0 Å². The average molecular weight is 220 g/mol. The second-order valence-electron chi connectivity index (χ2n) is 2.20. The molecular weight excluding hydrogens is 214 g/mol. The van der Waals surface area contributed by atoms with Gasteiger partial charge in [0.15, 0.2) is 6.07 Å². The first kappa shape index (κ1) is 8.84. The number of alkyl halides is 1. The third-order valence-corrected chi connectivity index (χ3v) is 1.99. The molecule has 0 saturated carbocycles. The molecule has 0 radical (unpaired) electrons. The van der Waals surface area contributed by atoms with Gasteiger partial charge in [0.1, 0.15) is 0 Å². The number of rotatable bonds is 1. The van der Waals surface area contributed by atoms with Crippen LogP contribution in [0.25, 0.3) is 0 Å². The van der Waals surface area contributed by atoms with Gasteiger partial charge in [0, 0.05) is 16.8 Å². The van der Waals surface area contributed by atoms with Crippen LogP contribution in [0.15, 0.2) is 24.3 Å². The second-order valence-corrected chi connectivity index (χ2v) is 2.76. The molecule has 1 nitrogen and oxygen atoms in total. The number of halogens is 1. The maximum Gasteiger partial charge on any atom is 0.152 e. The predicted molar refractivity (Wildman–Crippen MR) is 51.6 cm³/mol. The molecule has 0 bridgehead atoms. The molecule has 0 aliphatic carbocycles. The molecule has 0 N–H and O–H groups in total. The van der Waals surface area contributed by atoms with Gasteiger partial charge in [-0.2, -0.15) is 5.26 Å². The Morgan fingerprint density at radius 3 is 2.92 bits per heavy atom. The maximum atomic E-state index is 8.22. The summed E-state index contributed by atoms with van der Waals surface area (Å²) in [5.74, 6) is 5.09. The van der Waals surface area contributed by atoms with Crippen LogP contribution in [0.1, 0.15) is 11.1 Å². The van der Waals surface area contributed by atoms with E-state index in [0.717, 1.165) is 10.9 Å². The normalized spacial score (nSPS) is 8.00. The van der Waals surface area contributed by atoms with Gasteiger partial charge >= 0.3 is 0 Å². The van der Waals surface area contributed by atoms with Crippen LogP contribution < -0.4 is 0 Å². The fraction of sp³-hybridized carbons (Fsp3) is 0.100. The molecule has 0 fully saturated rings. The summed E-state index contributed by atoms with van der Waals surface area (Å²) < 4.78 is 0. The van der Waals surface area contributed by atoms with E-state index in [9.17, 15) is 0 Å². The van der Waals surface area contributed by atoms with Crippen LogP contribution >= 0.6 is 15.9 Å². The fourth-order valence-electron chi connectivity index (χ4n) is 0.832. The second kappa shape index (κ2) is 4.59. The summed E-state index contributed by atoms with van der Waals surface area (Å²) in [6, 6.07) is 9.56. The average Bonchev–Trinajstić information content (AvgIpc) is 2.15. The van der Waals surface area contributed by atoms with Gasteiger partial charge in [-0.05, 0) is 17.7 Å². The molecule has 0 unspecified atom stereocenters. The number of hydrogen-bond donors (Lipinski definition) is 0. The third kappa shape index (κ3) is 2.42. The van der Waals surface area contributed by atoms with Gasteiger partial charge in [-0.1, -0.05) is 34.0 Å². The summed E-state index contributed by atoms with van der Waals surface area (Å²) in [5.41, 5.74) is 2.05. The minimum atomic E-state index is 0.815. The maximum absolute atomic E-state index is 8.22. The number of hydrogen-bond acceptors (Lipinski definition) is 1. The summed E-state index contributed by atoms with van der Waals surface area (Å²) in [5, 5.41) is 9.04. The molecule has 0 atom stereocenters. The van der Waals surface area contributed by atoms with Crippen LogP contribution in [0.4, 0.5) is 0 Å². The zero-order valence-corrected chi connectivity index (χ0v) is 7.93. The van der Waals surface area contributed by atoms with Gasteiger partial charge < -0.3 is 0 Å². The van der Waals surface area contributed by atoms with Crippen molar-refractivity contribution in [3.63, 3.8) is 0 Å². The quantitative estimate of drug-likeness (QED) is 0.526. The van der Waals surface area contributed by atoms with E-state index in [2.05, 4.69) is 27.8 Å². The summed E-state index contributed by atoms with van der Waals surface area (Å²) in [6.45, 7) is 0. The molecule has 0 aliphatic heterocycles. The minimum Gasteiger partial charge on any atom is -0.183 e. The van der Waals surface area contributed by atoms with Crippen molar-refractivity contribution >= 4 is 15.9 Å². The highest BCUT2D eigenvalue weighted by atomic mass is 79.9. The summed E-state index contributed by atoms with van der Waals surface area (Å²) >= 11 is 3.35. The molecule has 1 aromatic carbocycles. The predicted octanol–water partition coefficient (Wildman–Crippen LogP) is 2.46. The van der Waals surface area contributed by atoms with E-state index in [1.165, 1.54) is 5.56 Å². The lowest BCUT2D eigenvalue weighted by molar-refractivity contribution is 1.42. The van der Waals surface area contributed by atoms with Crippen LogP contribution in [-0.4, -0.2) is 0 Å². The van der Waals surface area contributed by atoms with Gasteiger partial charge in [0.05, 0.1) is 0 Å². The number of benzene rings is 1. The molecule has 12 heavy (non-hydrogen) atoms. The van der Waals surface area contributed by atoms with Crippen molar-refractivity contribution in [2.75, 3.05) is 0 Å². The standard InChI is InChI=1S/C10H6BrN/c11-8-10-4-1-3-9(7-10)5-2-6-12/h1,3-4,7H,8H2. The molecule has 1 aromatic rings. The smallest absolute Gasteiger partial charge is 0.152 e. The van der Waals surface area contributed by atoms with E-state index in [4.69, 9.17) is 5.26 Å². The van der Waals surface area contributed by atoms with Crippen LogP contribution in [0.3, 0.4) is 0 Å².